The number of aliphatic hydroxyl groups excluding tert-OH is 2. The second kappa shape index (κ2) is 12.6. The normalized spacial score (nSPS) is 25.1. The van der Waals surface area contributed by atoms with Gasteiger partial charge in [0.05, 0.1) is 6.61 Å². The number of para-hydroxylation sites is 1. The first-order valence-electron chi connectivity index (χ1n) is 13.5. The summed E-state index contributed by atoms with van der Waals surface area (Å²) in [6.45, 7) is 5.79. The first-order chi connectivity index (χ1) is 19.1. The fourth-order valence-electron chi connectivity index (χ4n) is 4.90. The lowest BCUT2D eigenvalue weighted by Gasteiger charge is -2.26. The highest BCUT2D eigenvalue weighted by molar-refractivity contribution is 7.52. The molecule has 3 heterocycles. The summed E-state index contributed by atoms with van der Waals surface area (Å²) in [5.41, 5.74) is 4.56. The third-order valence-electron chi connectivity index (χ3n) is 7.40. The molecule has 216 valence electrons. The summed E-state index contributed by atoms with van der Waals surface area (Å²) in [4.78, 5) is 8.03. The van der Waals surface area contributed by atoms with Gasteiger partial charge in [0.15, 0.2) is 0 Å². The van der Waals surface area contributed by atoms with Gasteiger partial charge in [0.2, 0.25) is 11.5 Å². The summed E-state index contributed by atoms with van der Waals surface area (Å²) in [5.74, 6) is 1.03. The lowest BCUT2D eigenvalue weighted by atomic mass is 9.90. The molecule has 0 amide bonds. The number of nitrogens with one attached hydrogen (secondary N) is 1. The lowest BCUT2D eigenvalue weighted by Crippen LogP contribution is -2.39. The van der Waals surface area contributed by atoms with E-state index >= 15 is 0 Å². The van der Waals surface area contributed by atoms with E-state index in [1.807, 2.05) is 13.0 Å². The molecule has 1 aliphatic rings. The predicted octanol–water partition coefficient (Wildman–Crippen LogP) is 3.55. The zero-order valence-electron chi connectivity index (χ0n) is 22.9. The number of hydrogen-bond donors (Lipinski definition) is 4. The van der Waals surface area contributed by atoms with Crippen LogP contribution in [0.2, 0.25) is 0 Å². The summed E-state index contributed by atoms with van der Waals surface area (Å²) >= 11 is 0. The smallest absolute Gasteiger partial charge is 0.413 e. The molecule has 4 rings (SSSR count). The van der Waals surface area contributed by atoms with Crippen molar-refractivity contribution in [3.63, 3.8) is 0 Å². The first-order valence-corrected chi connectivity index (χ1v) is 15.0. The Bertz CT molecular complexity index is 1360. The highest BCUT2D eigenvalue weighted by Gasteiger charge is 2.57. The van der Waals surface area contributed by atoms with E-state index in [-0.39, 0.29) is 17.6 Å². The van der Waals surface area contributed by atoms with Gasteiger partial charge in [-0.1, -0.05) is 44.9 Å². The van der Waals surface area contributed by atoms with Gasteiger partial charge in [0, 0.05) is 17.8 Å². The van der Waals surface area contributed by atoms with Crippen molar-refractivity contribution in [3.8, 4) is 11.8 Å². The Morgan fingerprint density at radius 1 is 1.25 bits per heavy atom. The number of nitrogens with two attached hydrogens (primary N) is 1. The van der Waals surface area contributed by atoms with Crippen LogP contribution < -0.4 is 15.3 Å². The van der Waals surface area contributed by atoms with Crippen molar-refractivity contribution in [1.82, 2.24) is 19.5 Å². The van der Waals surface area contributed by atoms with E-state index in [1.165, 1.54) is 23.0 Å². The molecular weight excluding hydrogens is 535 g/mol. The molecule has 3 aromatic rings. The molecule has 1 unspecified atom stereocenters. The monoisotopic (exact) mass is 572 g/mol. The van der Waals surface area contributed by atoms with Crippen LogP contribution in [0.3, 0.4) is 0 Å². The molecule has 0 radical (unpaired) electrons. The van der Waals surface area contributed by atoms with Crippen molar-refractivity contribution >= 4 is 19.3 Å². The van der Waals surface area contributed by atoms with Crippen molar-refractivity contribution in [3.05, 3.63) is 54.5 Å². The Balaban J connectivity index is 1.52. The summed E-state index contributed by atoms with van der Waals surface area (Å²) in [6, 6.07) is 11.9. The average molecular weight is 573 g/mol. The van der Waals surface area contributed by atoms with Gasteiger partial charge in [-0.05, 0) is 43.9 Å². The average Bonchev–Trinajstić information content (AvgIpc) is 3.49. The zero-order chi connectivity index (χ0) is 28.9. The largest absolute Gasteiger partial charge is 0.459 e. The van der Waals surface area contributed by atoms with Gasteiger partial charge in [-0.25, -0.2) is 19.6 Å². The van der Waals surface area contributed by atoms with E-state index < -0.39 is 38.3 Å². The van der Waals surface area contributed by atoms with Crippen LogP contribution in [0.5, 0.6) is 5.75 Å². The number of nitriles is 1. The van der Waals surface area contributed by atoms with Crippen molar-refractivity contribution < 1.29 is 28.6 Å². The molecule has 2 aromatic heterocycles. The molecule has 12 nitrogen and oxygen atoms in total. The Labute approximate surface area is 233 Å². The van der Waals surface area contributed by atoms with Crippen molar-refractivity contribution in [2.24, 2.45) is 5.92 Å². The van der Waals surface area contributed by atoms with E-state index in [2.05, 4.69) is 28.9 Å². The van der Waals surface area contributed by atoms with Gasteiger partial charge in [-0.15, -0.1) is 0 Å². The number of anilines is 1. The Kier molecular flexibility index (Phi) is 9.46. The van der Waals surface area contributed by atoms with Crippen LogP contribution >= 0.6 is 7.75 Å². The summed E-state index contributed by atoms with van der Waals surface area (Å²) in [7, 11) is -3.97. The van der Waals surface area contributed by atoms with Crippen LogP contribution in [-0.4, -0.2) is 55.5 Å². The van der Waals surface area contributed by atoms with Gasteiger partial charge in [-0.2, -0.15) is 5.26 Å². The maximum Gasteiger partial charge on any atom is 0.459 e. The fraction of sp³-hybridized carbons (Fsp3) is 0.519. The highest BCUT2D eigenvalue weighted by atomic mass is 31.2. The minimum absolute atomic E-state index is 0.126. The predicted molar refractivity (Wildman–Crippen MR) is 148 cm³/mol. The molecule has 5 N–H and O–H groups in total. The van der Waals surface area contributed by atoms with E-state index in [0.29, 0.717) is 17.3 Å². The molecule has 0 bridgehead atoms. The van der Waals surface area contributed by atoms with Crippen LogP contribution in [0, 0.1) is 17.2 Å². The highest BCUT2D eigenvalue weighted by Crippen LogP contribution is 2.47. The van der Waals surface area contributed by atoms with Crippen LogP contribution in [0.1, 0.15) is 52.0 Å². The zero-order valence-corrected chi connectivity index (χ0v) is 23.8. The minimum atomic E-state index is -3.97. The molecule has 6 atom stereocenters. The summed E-state index contributed by atoms with van der Waals surface area (Å²) in [6.07, 6.45) is 2.22. The standard InChI is InChI=1S/C27H37N6O6P/c1-4-19(5-2)12-11-18(3)32-40(36,39-21-9-7-6-8-10-21)37-15-22-24(34)25(35)27(16-28,38-22)20-13-23-30-17-31-26(29)33(23)14-20/h6-10,13-14,17-19,22,24-25,34-35H,4-5,11-12,15H2,1-3H3,(H,32,36)(H2,29,30,31)/t18-,22+,24+,25+,27-,40?/m0/s1. The van der Waals surface area contributed by atoms with E-state index in [9.17, 15) is 20.0 Å². The van der Waals surface area contributed by atoms with Crippen molar-refractivity contribution in [2.45, 2.75) is 76.4 Å². The SMILES string of the molecule is CCC(CC)CC[C@H](C)NP(=O)(OC[C@H]1O[C@@](C#N)(c2cc3ncnc(N)n3c2)[C@H](O)[C@@H]1O)Oc1ccccc1. The number of hydrogen-bond acceptors (Lipinski definition) is 10. The third kappa shape index (κ3) is 6.31. The second-order valence-electron chi connectivity index (χ2n) is 10.1. The molecule has 0 aliphatic carbocycles. The number of aliphatic hydroxyl groups is 2. The minimum Gasteiger partial charge on any atom is -0.413 e. The molecule has 1 fully saturated rings. The van der Waals surface area contributed by atoms with E-state index in [0.717, 1.165) is 25.7 Å². The molecule has 40 heavy (non-hydrogen) atoms. The van der Waals surface area contributed by atoms with Gasteiger partial charge in [-0.3, -0.25) is 8.92 Å². The molecular formula is C27H37N6O6P. The summed E-state index contributed by atoms with van der Waals surface area (Å²) < 4.78 is 32.9. The molecule has 1 aliphatic heterocycles. The number of nitrogens with zero attached hydrogens (tertiary/aromatic N) is 4. The number of nitrogen functional groups attached to an aromatic ring is 1. The maximum atomic E-state index is 13.9. The molecule has 0 spiro atoms. The van der Waals surface area contributed by atoms with Crippen LogP contribution in [0.15, 0.2) is 48.9 Å². The van der Waals surface area contributed by atoms with Crippen LogP contribution in [0.4, 0.5) is 5.95 Å². The first kappa shape index (κ1) is 29.9. The van der Waals surface area contributed by atoms with Gasteiger partial charge in [0.1, 0.15) is 42.1 Å². The van der Waals surface area contributed by atoms with Gasteiger partial charge in [0.25, 0.3) is 0 Å². The second-order valence-corrected chi connectivity index (χ2v) is 11.8. The summed E-state index contributed by atoms with van der Waals surface area (Å²) in [5, 5.41) is 34.9. The van der Waals surface area contributed by atoms with E-state index in [4.69, 9.17) is 19.5 Å². The van der Waals surface area contributed by atoms with Crippen LogP contribution in [-0.2, 0) is 19.4 Å². The molecule has 13 heteroatoms. The van der Waals surface area contributed by atoms with Crippen LogP contribution in [0.25, 0.3) is 5.65 Å². The quantitative estimate of drug-likeness (QED) is 0.220. The Morgan fingerprint density at radius 2 is 1.98 bits per heavy atom. The van der Waals surface area contributed by atoms with E-state index in [1.54, 1.807) is 30.3 Å². The number of ether oxygens (including phenoxy) is 1. The van der Waals surface area contributed by atoms with Crippen molar-refractivity contribution in [1.29, 1.82) is 5.26 Å². The fourth-order valence-corrected chi connectivity index (χ4v) is 6.49. The Morgan fingerprint density at radius 3 is 2.62 bits per heavy atom. The third-order valence-corrected chi connectivity index (χ3v) is 9.10. The molecule has 0 saturated carbocycles. The lowest BCUT2D eigenvalue weighted by molar-refractivity contribution is -0.0588. The van der Waals surface area contributed by atoms with Crippen molar-refractivity contribution in [2.75, 3.05) is 12.3 Å². The number of fused-ring (bicyclic) bond motifs is 1. The van der Waals surface area contributed by atoms with Gasteiger partial charge >= 0.3 is 7.75 Å². The number of benzene rings is 1. The number of aromatic nitrogens is 3. The Hall–Kier alpha value is -3.04. The maximum absolute atomic E-state index is 13.9. The molecule has 1 saturated heterocycles. The van der Waals surface area contributed by atoms with Gasteiger partial charge < -0.3 is 25.2 Å². The topological polar surface area (TPSA) is 177 Å². The molecule has 1 aromatic carbocycles. The number of rotatable bonds is 13.